The lowest BCUT2D eigenvalue weighted by Gasteiger charge is -2.42. The third kappa shape index (κ3) is 5.50. The first-order chi connectivity index (χ1) is 13.5. The van der Waals surface area contributed by atoms with E-state index in [0.717, 1.165) is 18.7 Å². The molecular weight excluding hydrogens is 381 g/mol. The molecule has 29 heavy (non-hydrogen) atoms. The van der Waals surface area contributed by atoms with Crippen molar-refractivity contribution in [3.05, 3.63) is 54.1 Å². The molecule has 1 fully saturated rings. The first kappa shape index (κ1) is 21.2. The topological polar surface area (TPSA) is 32.8 Å². The normalized spacial score (nSPS) is 16.0. The first-order valence-corrected chi connectivity index (χ1v) is 9.53. The molecule has 1 heterocycles. The van der Waals surface area contributed by atoms with Gasteiger partial charge in [0.2, 0.25) is 0 Å². The molecule has 4 nitrogen and oxygen atoms in total. The predicted octanol–water partition coefficient (Wildman–Crippen LogP) is 4.81. The Hall–Kier alpha value is -2.54. The second kappa shape index (κ2) is 8.06. The smallest absolute Gasteiger partial charge is 0.406 e. The molecular formula is C22H25F3N2O2. The summed E-state index contributed by atoms with van der Waals surface area (Å²) in [6.45, 7) is 9.50. The summed E-state index contributed by atoms with van der Waals surface area (Å²) in [4.78, 5) is 17.1. The van der Waals surface area contributed by atoms with Crippen LogP contribution in [0.5, 0.6) is 5.75 Å². The molecule has 0 bridgehead atoms. The van der Waals surface area contributed by atoms with Crippen molar-refractivity contribution in [3.8, 4) is 16.9 Å². The Labute approximate surface area is 168 Å². The van der Waals surface area contributed by atoms with Crippen molar-refractivity contribution in [2.45, 2.75) is 32.7 Å². The molecule has 1 saturated heterocycles. The second-order valence-electron chi connectivity index (χ2n) is 8.10. The number of ether oxygens (including phenoxy) is 1. The molecule has 3 rings (SSSR count). The summed E-state index contributed by atoms with van der Waals surface area (Å²) >= 11 is 0. The zero-order valence-electron chi connectivity index (χ0n) is 16.8. The minimum atomic E-state index is -4.72. The summed E-state index contributed by atoms with van der Waals surface area (Å²) in [5.41, 5.74) is 2.13. The van der Waals surface area contributed by atoms with E-state index in [9.17, 15) is 18.0 Å². The van der Waals surface area contributed by atoms with Crippen LogP contribution in [0.15, 0.2) is 48.5 Å². The maximum Gasteiger partial charge on any atom is 0.573 e. The van der Waals surface area contributed by atoms with Crippen LogP contribution in [0.4, 0.5) is 13.2 Å². The van der Waals surface area contributed by atoms with Crippen molar-refractivity contribution in [1.29, 1.82) is 0 Å². The van der Waals surface area contributed by atoms with Crippen LogP contribution in [0, 0.1) is 0 Å². The van der Waals surface area contributed by atoms with Gasteiger partial charge in [-0.2, -0.15) is 0 Å². The van der Waals surface area contributed by atoms with Gasteiger partial charge in [0.25, 0.3) is 5.91 Å². The molecule has 0 spiro atoms. The number of rotatable bonds is 3. The minimum Gasteiger partial charge on any atom is -0.406 e. The van der Waals surface area contributed by atoms with Crippen molar-refractivity contribution in [2.75, 3.05) is 26.2 Å². The van der Waals surface area contributed by atoms with Gasteiger partial charge in [-0.05, 0) is 56.2 Å². The van der Waals surface area contributed by atoms with E-state index in [4.69, 9.17) is 0 Å². The van der Waals surface area contributed by atoms with E-state index in [0.29, 0.717) is 24.2 Å². The molecule has 2 aromatic carbocycles. The molecule has 1 aliphatic heterocycles. The Kier molecular flexibility index (Phi) is 5.89. The van der Waals surface area contributed by atoms with Crippen molar-refractivity contribution in [1.82, 2.24) is 9.80 Å². The Morgan fingerprint density at radius 3 is 2.07 bits per heavy atom. The van der Waals surface area contributed by atoms with E-state index in [1.54, 1.807) is 30.3 Å². The lowest BCUT2D eigenvalue weighted by Crippen LogP contribution is -2.54. The van der Waals surface area contributed by atoms with E-state index >= 15 is 0 Å². The summed E-state index contributed by atoms with van der Waals surface area (Å²) in [7, 11) is 0. The van der Waals surface area contributed by atoms with Crippen LogP contribution in [-0.2, 0) is 0 Å². The maximum absolute atomic E-state index is 12.9. The van der Waals surface area contributed by atoms with Gasteiger partial charge in [0.05, 0.1) is 0 Å². The number of hydrogen-bond acceptors (Lipinski definition) is 3. The molecule has 156 valence electrons. The number of halogens is 3. The molecule has 0 N–H and O–H groups in total. The molecule has 7 heteroatoms. The fourth-order valence-corrected chi connectivity index (χ4v) is 3.44. The third-order valence-corrected chi connectivity index (χ3v) is 5.05. The first-order valence-electron chi connectivity index (χ1n) is 9.53. The monoisotopic (exact) mass is 406 g/mol. The standard InChI is InChI=1S/C22H25F3N2O2/c1-21(2,3)27-13-11-26(12-14-27)20(28)18-6-4-5-17(15-18)16-7-9-19(10-8-16)29-22(23,24)25/h4-10,15H,11-14H2,1-3H3. The van der Waals surface area contributed by atoms with Crippen LogP contribution < -0.4 is 4.74 Å². The molecule has 0 atom stereocenters. The fourth-order valence-electron chi connectivity index (χ4n) is 3.44. The van der Waals surface area contributed by atoms with Crippen molar-refractivity contribution in [2.24, 2.45) is 0 Å². The lowest BCUT2D eigenvalue weighted by atomic mass is 10.0. The van der Waals surface area contributed by atoms with Crippen LogP contribution in [0.1, 0.15) is 31.1 Å². The highest BCUT2D eigenvalue weighted by molar-refractivity contribution is 5.95. The van der Waals surface area contributed by atoms with Gasteiger partial charge < -0.3 is 9.64 Å². The zero-order valence-corrected chi connectivity index (χ0v) is 16.8. The van der Waals surface area contributed by atoms with Crippen LogP contribution in [0.25, 0.3) is 11.1 Å². The third-order valence-electron chi connectivity index (χ3n) is 5.05. The molecule has 1 amide bonds. The van der Waals surface area contributed by atoms with Gasteiger partial charge >= 0.3 is 6.36 Å². The largest absolute Gasteiger partial charge is 0.573 e. The van der Waals surface area contributed by atoms with E-state index < -0.39 is 6.36 Å². The highest BCUT2D eigenvalue weighted by atomic mass is 19.4. The summed E-state index contributed by atoms with van der Waals surface area (Å²) < 4.78 is 40.8. The summed E-state index contributed by atoms with van der Waals surface area (Å²) in [6.07, 6.45) is -4.72. The lowest BCUT2D eigenvalue weighted by molar-refractivity contribution is -0.274. The summed E-state index contributed by atoms with van der Waals surface area (Å²) in [5, 5.41) is 0. The van der Waals surface area contributed by atoms with Gasteiger partial charge in [-0.25, -0.2) is 0 Å². The average Bonchev–Trinajstić information content (AvgIpc) is 2.66. The Morgan fingerprint density at radius 2 is 1.52 bits per heavy atom. The summed E-state index contributed by atoms with van der Waals surface area (Å²) in [6, 6.07) is 12.8. The maximum atomic E-state index is 12.9. The number of hydrogen-bond donors (Lipinski definition) is 0. The van der Waals surface area contributed by atoms with Crippen molar-refractivity contribution < 1.29 is 22.7 Å². The van der Waals surface area contributed by atoms with Crippen LogP contribution >= 0.6 is 0 Å². The molecule has 0 aliphatic carbocycles. The SMILES string of the molecule is CC(C)(C)N1CCN(C(=O)c2cccc(-c3ccc(OC(F)(F)F)cc3)c2)CC1. The number of carbonyl (C=O) groups is 1. The zero-order chi connectivity index (χ0) is 21.2. The highest BCUT2D eigenvalue weighted by Crippen LogP contribution is 2.27. The second-order valence-corrected chi connectivity index (χ2v) is 8.10. The van der Waals surface area contributed by atoms with Gasteiger partial charge in [0.15, 0.2) is 0 Å². The van der Waals surface area contributed by atoms with E-state index in [-0.39, 0.29) is 17.2 Å². The number of alkyl halides is 3. The molecule has 0 unspecified atom stereocenters. The highest BCUT2D eigenvalue weighted by Gasteiger charge is 2.31. The molecule has 0 aromatic heterocycles. The fraction of sp³-hybridized carbons (Fsp3) is 0.409. The van der Waals surface area contributed by atoms with Crippen molar-refractivity contribution >= 4 is 5.91 Å². The predicted molar refractivity (Wildman–Crippen MR) is 106 cm³/mol. The molecule has 2 aromatic rings. The Balaban J connectivity index is 1.70. The quantitative estimate of drug-likeness (QED) is 0.734. The molecule has 1 aliphatic rings. The summed E-state index contributed by atoms with van der Waals surface area (Å²) in [5.74, 6) is -0.303. The Morgan fingerprint density at radius 1 is 0.897 bits per heavy atom. The number of piperazine rings is 1. The van der Waals surface area contributed by atoms with E-state index in [1.165, 1.54) is 12.1 Å². The van der Waals surface area contributed by atoms with Crippen molar-refractivity contribution in [3.63, 3.8) is 0 Å². The van der Waals surface area contributed by atoms with Gasteiger partial charge in [-0.1, -0.05) is 24.3 Å². The van der Waals surface area contributed by atoms with Crippen LogP contribution in [0.3, 0.4) is 0 Å². The van der Waals surface area contributed by atoms with Gasteiger partial charge in [0, 0.05) is 37.3 Å². The minimum absolute atomic E-state index is 0.0302. The average molecular weight is 406 g/mol. The number of amides is 1. The van der Waals surface area contributed by atoms with E-state index in [2.05, 4.69) is 30.4 Å². The van der Waals surface area contributed by atoms with Crippen LogP contribution in [-0.4, -0.2) is 53.8 Å². The van der Waals surface area contributed by atoms with E-state index in [1.807, 2.05) is 11.0 Å². The van der Waals surface area contributed by atoms with Crippen LogP contribution in [0.2, 0.25) is 0 Å². The van der Waals surface area contributed by atoms with Gasteiger partial charge in [-0.15, -0.1) is 13.2 Å². The molecule has 0 saturated carbocycles. The van der Waals surface area contributed by atoms with Gasteiger partial charge in [0.1, 0.15) is 5.75 Å². The number of carbonyl (C=O) groups excluding carboxylic acids is 1. The Bertz CT molecular complexity index is 850. The van der Waals surface area contributed by atoms with Gasteiger partial charge in [-0.3, -0.25) is 9.69 Å². The number of benzene rings is 2. The molecule has 0 radical (unpaired) electrons. The number of nitrogens with zero attached hydrogens (tertiary/aromatic N) is 2.